The Morgan fingerprint density at radius 3 is 2.47 bits per heavy atom. The highest BCUT2D eigenvalue weighted by Crippen LogP contribution is 2.20. The summed E-state index contributed by atoms with van der Waals surface area (Å²) < 4.78 is 0. The summed E-state index contributed by atoms with van der Waals surface area (Å²) in [6, 6.07) is 10.5. The molecule has 17 heavy (non-hydrogen) atoms. The van der Waals surface area contributed by atoms with E-state index in [9.17, 15) is 0 Å². The van der Waals surface area contributed by atoms with Gasteiger partial charge >= 0.3 is 0 Å². The normalized spacial score (nSPS) is 10.7. The van der Waals surface area contributed by atoms with Gasteiger partial charge in [-0.25, -0.2) is 0 Å². The Hall–Kier alpha value is -1.57. The molecule has 0 aliphatic heterocycles. The predicted octanol–water partition coefficient (Wildman–Crippen LogP) is 3.86. The molecule has 0 aliphatic carbocycles. The van der Waals surface area contributed by atoms with Crippen molar-refractivity contribution in [2.24, 2.45) is 0 Å². The zero-order valence-corrected chi connectivity index (χ0v) is 10.7. The van der Waals surface area contributed by atoms with E-state index in [1.54, 1.807) is 0 Å². The Kier molecular flexibility index (Phi) is 3.97. The summed E-state index contributed by atoms with van der Waals surface area (Å²) in [6.07, 6.45) is 4.34. The van der Waals surface area contributed by atoms with Gasteiger partial charge in [0, 0.05) is 18.5 Å². The van der Waals surface area contributed by atoms with E-state index in [1.807, 2.05) is 12.3 Å². The van der Waals surface area contributed by atoms with Gasteiger partial charge in [0.15, 0.2) is 0 Å². The molecule has 0 N–H and O–H groups in total. The Labute approximate surface area is 103 Å². The maximum atomic E-state index is 4.52. The highest BCUT2D eigenvalue weighted by atomic mass is 15.1. The van der Waals surface area contributed by atoms with Gasteiger partial charge < -0.3 is 4.90 Å². The third-order valence-corrected chi connectivity index (χ3v) is 2.93. The number of aromatic nitrogens is 1. The quantitative estimate of drug-likeness (QED) is 0.772. The fourth-order valence-electron chi connectivity index (χ4n) is 2.14. The fourth-order valence-corrected chi connectivity index (χ4v) is 2.14. The SMILES string of the molecule is CCCN(CCC)c1cnc2ccccc2c1. The van der Waals surface area contributed by atoms with Crippen LogP contribution in [0.5, 0.6) is 0 Å². The molecule has 0 saturated heterocycles. The van der Waals surface area contributed by atoms with Crippen LogP contribution in [0.25, 0.3) is 10.9 Å². The summed E-state index contributed by atoms with van der Waals surface area (Å²) in [7, 11) is 0. The number of rotatable bonds is 5. The second kappa shape index (κ2) is 5.67. The number of hydrogen-bond acceptors (Lipinski definition) is 2. The van der Waals surface area contributed by atoms with Crippen molar-refractivity contribution in [3.63, 3.8) is 0 Å². The first-order valence-electron chi connectivity index (χ1n) is 6.45. The molecule has 0 spiro atoms. The lowest BCUT2D eigenvalue weighted by molar-refractivity contribution is 0.744. The van der Waals surface area contributed by atoms with Crippen molar-refractivity contribution in [3.05, 3.63) is 36.5 Å². The van der Waals surface area contributed by atoms with E-state index in [1.165, 1.54) is 23.9 Å². The summed E-state index contributed by atoms with van der Waals surface area (Å²) in [4.78, 5) is 6.94. The molecule has 0 amide bonds. The first kappa shape index (κ1) is 11.9. The molecule has 1 heterocycles. The van der Waals surface area contributed by atoms with E-state index >= 15 is 0 Å². The number of benzene rings is 1. The molecule has 0 radical (unpaired) electrons. The van der Waals surface area contributed by atoms with Crippen molar-refractivity contribution in [3.8, 4) is 0 Å². The predicted molar refractivity (Wildman–Crippen MR) is 74.5 cm³/mol. The van der Waals surface area contributed by atoms with Crippen molar-refractivity contribution < 1.29 is 0 Å². The number of para-hydroxylation sites is 1. The van der Waals surface area contributed by atoms with Gasteiger partial charge in [0.1, 0.15) is 0 Å². The van der Waals surface area contributed by atoms with E-state index in [2.05, 4.69) is 48.0 Å². The number of anilines is 1. The monoisotopic (exact) mass is 228 g/mol. The van der Waals surface area contributed by atoms with Gasteiger partial charge in [-0.2, -0.15) is 0 Å². The zero-order valence-electron chi connectivity index (χ0n) is 10.7. The highest BCUT2D eigenvalue weighted by Gasteiger charge is 2.05. The number of hydrogen-bond donors (Lipinski definition) is 0. The highest BCUT2D eigenvalue weighted by molar-refractivity contribution is 5.81. The number of fused-ring (bicyclic) bond motifs is 1. The second-order valence-corrected chi connectivity index (χ2v) is 4.37. The minimum Gasteiger partial charge on any atom is -0.370 e. The van der Waals surface area contributed by atoms with E-state index in [0.29, 0.717) is 0 Å². The molecule has 2 nitrogen and oxygen atoms in total. The lowest BCUT2D eigenvalue weighted by Crippen LogP contribution is -2.24. The average molecular weight is 228 g/mol. The van der Waals surface area contributed by atoms with Gasteiger partial charge in [-0.1, -0.05) is 32.0 Å². The Bertz CT molecular complexity index is 473. The van der Waals surface area contributed by atoms with Gasteiger partial charge in [-0.05, 0) is 25.0 Å². The van der Waals surface area contributed by atoms with Crippen LogP contribution in [0.2, 0.25) is 0 Å². The molecule has 0 bridgehead atoms. The van der Waals surface area contributed by atoms with Crippen LogP contribution < -0.4 is 4.90 Å². The van der Waals surface area contributed by atoms with Crippen LogP contribution in [-0.2, 0) is 0 Å². The van der Waals surface area contributed by atoms with Crippen molar-refractivity contribution in [1.29, 1.82) is 0 Å². The van der Waals surface area contributed by atoms with E-state index in [-0.39, 0.29) is 0 Å². The summed E-state index contributed by atoms with van der Waals surface area (Å²) >= 11 is 0. The van der Waals surface area contributed by atoms with Crippen LogP contribution in [0.3, 0.4) is 0 Å². The molecular formula is C15H20N2. The van der Waals surface area contributed by atoms with E-state index < -0.39 is 0 Å². The average Bonchev–Trinajstić information content (AvgIpc) is 2.38. The lowest BCUT2D eigenvalue weighted by Gasteiger charge is -2.23. The van der Waals surface area contributed by atoms with Crippen LogP contribution in [0.4, 0.5) is 5.69 Å². The van der Waals surface area contributed by atoms with Crippen LogP contribution in [0.15, 0.2) is 36.5 Å². The molecule has 1 aromatic carbocycles. The van der Waals surface area contributed by atoms with Crippen molar-refractivity contribution in [1.82, 2.24) is 4.98 Å². The third kappa shape index (κ3) is 2.76. The molecule has 0 atom stereocenters. The molecular weight excluding hydrogens is 208 g/mol. The largest absolute Gasteiger partial charge is 0.370 e. The maximum Gasteiger partial charge on any atom is 0.0703 e. The molecule has 90 valence electrons. The van der Waals surface area contributed by atoms with Gasteiger partial charge in [0.05, 0.1) is 17.4 Å². The Morgan fingerprint density at radius 1 is 1.06 bits per heavy atom. The maximum absolute atomic E-state index is 4.52. The minimum atomic E-state index is 1.07. The van der Waals surface area contributed by atoms with Crippen LogP contribution in [-0.4, -0.2) is 18.1 Å². The zero-order chi connectivity index (χ0) is 12.1. The molecule has 0 unspecified atom stereocenters. The second-order valence-electron chi connectivity index (χ2n) is 4.37. The van der Waals surface area contributed by atoms with E-state index in [0.717, 1.165) is 18.6 Å². The summed E-state index contributed by atoms with van der Waals surface area (Å²) in [5.74, 6) is 0. The number of pyridine rings is 1. The summed E-state index contributed by atoms with van der Waals surface area (Å²) in [5.41, 5.74) is 2.32. The molecule has 2 heteroatoms. The smallest absolute Gasteiger partial charge is 0.0703 e. The van der Waals surface area contributed by atoms with Crippen molar-refractivity contribution in [2.75, 3.05) is 18.0 Å². The Balaban J connectivity index is 2.32. The van der Waals surface area contributed by atoms with Crippen LogP contribution >= 0.6 is 0 Å². The third-order valence-electron chi connectivity index (χ3n) is 2.93. The molecule has 0 saturated carbocycles. The van der Waals surface area contributed by atoms with Gasteiger partial charge in [-0.3, -0.25) is 4.98 Å². The molecule has 0 aliphatic rings. The summed E-state index contributed by atoms with van der Waals surface area (Å²) in [6.45, 7) is 6.65. The van der Waals surface area contributed by atoms with Gasteiger partial charge in [-0.15, -0.1) is 0 Å². The first-order valence-corrected chi connectivity index (χ1v) is 6.45. The topological polar surface area (TPSA) is 16.1 Å². The summed E-state index contributed by atoms with van der Waals surface area (Å²) in [5, 5.41) is 1.22. The minimum absolute atomic E-state index is 1.07. The number of nitrogens with zero attached hydrogens (tertiary/aromatic N) is 2. The molecule has 2 aromatic rings. The fraction of sp³-hybridized carbons (Fsp3) is 0.400. The molecule has 1 aromatic heterocycles. The van der Waals surface area contributed by atoms with Crippen LogP contribution in [0.1, 0.15) is 26.7 Å². The standard InChI is InChI=1S/C15H20N2/c1-3-9-17(10-4-2)14-11-13-7-5-6-8-15(13)16-12-14/h5-8,11-12H,3-4,9-10H2,1-2H3. The molecule has 0 fully saturated rings. The van der Waals surface area contributed by atoms with E-state index in [4.69, 9.17) is 0 Å². The van der Waals surface area contributed by atoms with Crippen molar-refractivity contribution in [2.45, 2.75) is 26.7 Å². The van der Waals surface area contributed by atoms with Crippen LogP contribution in [0, 0.1) is 0 Å². The first-order chi connectivity index (χ1) is 8.35. The Morgan fingerprint density at radius 2 is 1.76 bits per heavy atom. The van der Waals surface area contributed by atoms with Gasteiger partial charge in [0.2, 0.25) is 0 Å². The van der Waals surface area contributed by atoms with Crippen molar-refractivity contribution >= 4 is 16.6 Å². The van der Waals surface area contributed by atoms with Gasteiger partial charge in [0.25, 0.3) is 0 Å². The lowest BCUT2D eigenvalue weighted by atomic mass is 10.2. The molecule has 2 rings (SSSR count).